The average molecular weight is 273 g/mol. The van der Waals surface area contributed by atoms with Gasteiger partial charge < -0.3 is 15.5 Å². The molecule has 4 heteroatoms. The van der Waals surface area contributed by atoms with Crippen LogP contribution in [0.15, 0.2) is 30.3 Å². The van der Waals surface area contributed by atoms with E-state index >= 15 is 0 Å². The summed E-state index contributed by atoms with van der Waals surface area (Å²) in [6.07, 6.45) is 3.57. The van der Waals surface area contributed by atoms with Crippen LogP contribution in [0, 0.1) is 5.41 Å². The number of nitrogens with one attached hydrogen (secondary N) is 2. The van der Waals surface area contributed by atoms with Crippen LogP contribution in [0.1, 0.15) is 19.3 Å². The predicted molar refractivity (Wildman–Crippen MR) is 80.7 cm³/mol. The zero-order valence-corrected chi connectivity index (χ0v) is 11.9. The van der Waals surface area contributed by atoms with E-state index in [2.05, 4.69) is 10.6 Å². The van der Waals surface area contributed by atoms with E-state index in [1.807, 2.05) is 35.2 Å². The number of anilines is 1. The summed E-state index contributed by atoms with van der Waals surface area (Å²) in [4.78, 5) is 14.2. The largest absolute Gasteiger partial charge is 0.376 e. The molecule has 4 nitrogen and oxygen atoms in total. The summed E-state index contributed by atoms with van der Waals surface area (Å²) < 4.78 is 0. The van der Waals surface area contributed by atoms with Crippen LogP contribution >= 0.6 is 0 Å². The standard InChI is InChI=1S/C16H23N3O/c20-15(12-18-14-4-2-1-3-5-14)19-10-7-16(8-11-19)6-9-17-13-16/h1-5,17-18H,6-13H2. The Morgan fingerprint density at radius 3 is 2.60 bits per heavy atom. The summed E-state index contributed by atoms with van der Waals surface area (Å²) in [7, 11) is 0. The Morgan fingerprint density at radius 2 is 1.95 bits per heavy atom. The van der Waals surface area contributed by atoms with Gasteiger partial charge >= 0.3 is 0 Å². The molecule has 2 saturated heterocycles. The number of amides is 1. The minimum absolute atomic E-state index is 0.217. The molecule has 20 heavy (non-hydrogen) atoms. The normalized spacial score (nSPS) is 21.1. The molecule has 1 aromatic rings. The lowest BCUT2D eigenvalue weighted by atomic mass is 9.78. The molecule has 0 aliphatic carbocycles. The van der Waals surface area contributed by atoms with Crippen LogP contribution in [0.4, 0.5) is 5.69 Å². The van der Waals surface area contributed by atoms with Gasteiger partial charge in [-0.25, -0.2) is 0 Å². The molecule has 0 bridgehead atoms. The summed E-state index contributed by atoms with van der Waals surface area (Å²) >= 11 is 0. The highest BCUT2D eigenvalue weighted by atomic mass is 16.2. The number of carbonyl (C=O) groups excluding carboxylic acids is 1. The molecule has 1 aromatic carbocycles. The fourth-order valence-corrected chi connectivity index (χ4v) is 3.30. The highest BCUT2D eigenvalue weighted by Crippen LogP contribution is 2.36. The van der Waals surface area contributed by atoms with Crippen molar-refractivity contribution in [1.29, 1.82) is 0 Å². The van der Waals surface area contributed by atoms with Gasteiger partial charge in [0.15, 0.2) is 0 Å². The van der Waals surface area contributed by atoms with Crippen molar-refractivity contribution in [2.24, 2.45) is 5.41 Å². The molecule has 2 fully saturated rings. The summed E-state index contributed by atoms with van der Waals surface area (Å²) in [5.41, 5.74) is 1.48. The molecular weight excluding hydrogens is 250 g/mol. The van der Waals surface area contributed by atoms with E-state index in [4.69, 9.17) is 0 Å². The van der Waals surface area contributed by atoms with Crippen molar-refractivity contribution in [3.05, 3.63) is 30.3 Å². The van der Waals surface area contributed by atoms with Crippen molar-refractivity contribution in [2.75, 3.05) is 38.0 Å². The third-order valence-electron chi connectivity index (χ3n) is 4.73. The van der Waals surface area contributed by atoms with Gasteiger partial charge in [0, 0.05) is 25.3 Å². The number of likely N-dealkylation sites (tertiary alicyclic amines) is 1. The van der Waals surface area contributed by atoms with Crippen molar-refractivity contribution in [2.45, 2.75) is 19.3 Å². The van der Waals surface area contributed by atoms with E-state index in [0.717, 1.165) is 44.7 Å². The first-order valence-corrected chi connectivity index (χ1v) is 7.55. The Kier molecular flexibility index (Phi) is 3.92. The summed E-state index contributed by atoms with van der Waals surface area (Å²) in [5, 5.41) is 6.66. The first-order valence-electron chi connectivity index (χ1n) is 7.55. The summed E-state index contributed by atoms with van der Waals surface area (Å²) in [6, 6.07) is 9.91. The maximum absolute atomic E-state index is 12.2. The SMILES string of the molecule is O=C(CNc1ccccc1)N1CCC2(CCNC2)CC1. The van der Waals surface area contributed by atoms with Gasteiger partial charge in [-0.1, -0.05) is 18.2 Å². The van der Waals surface area contributed by atoms with Crippen LogP contribution in [0.3, 0.4) is 0 Å². The van der Waals surface area contributed by atoms with Crippen molar-refractivity contribution in [1.82, 2.24) is 10.2 Å². The van der Waals surface area contributed by atoms with Gasteiger partial charge in [0.25, 0.3) is 0 Å². The lowest BCUT2D eigenvalue weighted by Gasteiger charge is -2.39. The van der Waals surface area contributed by atoms with Gasteiger partial charge in [0.05, 0.1) is 6.54 Å². The molecule has 3 rings (SSSR count). The molecule has 1 amide bonds. The zero-order valence-electron chi connectivity index (χ0n) is 11.9. The number of benzene rings is 1. The number of hydrogen-bond acceptors (Lipinski definition) is 3. The minimum atomic E-state index is 0.217. The van der Waals surface area contributed by atoms with Crippen molar-refractivity contribution in [3.63, 3.8) is 0 Å². The Morgan fingerprint density at radius 1 is 1.20 bits per heavy atom. The van der Waals surface area contributed by atoms with Crippen molar-refractivity contribution < 1.29 is 4.79 Å². The highest BCUT2D eigenvalue weighted by molar-refractivity contribution is 5.80. The first kappa shape index (κ1) is 13.4. The second kappa shape index (κ2) is 5.83. The number of para-hydroxylation sites is 1. The smallest absolute Gasteiger partial charge is 0.241 e. The maximum Gasteiger partial charge on any atom is 0.241 e. The molecule has 2 aliphatic rings. The van der Waals surface area contributed by atoms with Crippen molar-refractivity contribution >= 4 is 11.6 Å². The third kappa shape index (κ3) is 2.96. The Balaban J connectivity index is 1.47. The molecule has 0 atom stereocenters. The second-order valence-electron chi connectivity index (χ2n) is 6.03. The number of hydrogen-bond donors (Lipinski definition) is 2. The van der Waals surface area contributed by atoms with Crippen LogP contribution in [-0.2, 0) is 4.79 Å². The van der Waals surface area contributed by atoms with E-state index in [1.165, 1.54) is 6.42 Å². The lowest BCUT2D eigenvalue weighted by molar-refractivity contribution is -0.131. The monoisotopic (exact) mass is 273 g/mol. The van der Waals surface area contributed by atoms with E-state index in [-0.39, 0.29) is 5.91 Å². The summed E-state index contributed by atoms with van der Waals surface area (Å²) in [6.45, 7) is 4.50. The van der Waals surface area contributed by atoms with Crippen LogP contribution < -0.4 is 10.6 Å². The van der Waals surface area contributed by atoms with Gasteiger partial charge in [0.1, 0.15) is 0 Å². The quantitative estimate of drug-likeness (QED) is 0.881. The Hall–Kier alpha value is -1.55. The molecule has 2 heterocycles. The van der Waals surface area contributed by atoms with E-state index in [0.29, 0.717) is 12.0 Å². The highest BCUT2D eigenvalue weighted by Gasteiger charge is 2.37. The number of rotatable bonds is 3. The average Bonchev–Trinajstić information content (AvgIpc) is 2.95. The third-order valence-corrected chi connectivity index (χ3v) is 4.73. The van der Waals surface area contributed by atoms with E-state index in [1.54, 1.807) is 0 Å². The van der Waals surface area contributed by atoms with Crippen molar-refractivity contribution in [3.8, 4) is 0 Å². The molecule has 2 aliphatic heterocycles. The molecule has 2 N–H and O–H groups in total. The van der Waals surface area contributed by atoms with Gasteiger partial charge in [-0.3, -0.25) is 4.79 Å². The molecule has 0 radical (unpaired) electrons. The van der Waals surface area contributed by atoms with Gasteiger partial charge in [-0.2, -0.15) is 0 Å². The molecule has 0 unspecified atom stereocenters. The van der Waals surface area contributed by atoms with Gasteiger partial charge in [-0.05, 0) is 43.4 Å². The van der Waals surface area contributed by atoms with Gasteiger partial charge in [-0.15, -0.1) is 0 Å². The fourth-order valence-electron chi connectivity index (χ4n) is 3.30. The first-order chi connectivity index (χ1) is 9.77. The van der Waals surface area contributed by atoms with Crippen LogP contribution in [-0.4, -0.2) is 43.5 Å². The number of nitrogens with zero attached hydrogens (tertiary/aromatic N) is 1. The summed E-state index contributed by atoms with van der Waals surface area (Å²) in [5.74, 6) is 0.217. The Bertz CT molecular complexity index is 444. The molecule has 0 aromatic heterocycles. The topological polar surface area (TPSA) is 44.4 Å². The molecule has 0 saturated carbocycles. The maximum atomic E-state index is 12.2. The number of piperidine rings is 1. The fraction of sp³-hybridized carbons (Fsp3) is 0.562. The zero-order chi connectivity index (χ0) is 13.8. The van der Waals surface area contributed by atoms with Crippen LogP contribution in [0.5, 0.6) is 0 Å². The van der Waals surface area contributed by atoms with Crippen LogP contribution in [0.2, 0.25) is 0 Å². The van der Waals surface area contributed by atoms with E-state index in [9.17, 15) is 4.79 Å². The lowest BCUT2D eigenvalue weighted by Crippen LogP contribution is -2.45. The predicted octanol–water partition coefficient (Wildman–Crippen LogP) is 1.70. The van der Waals surface area contributed by atoms with E-state index < -0.39 is 0 Å². The van der Waals surface area contributed by atoms with Gasteiger partial charge in [0.2, 0.25) is 5.91 Å². The second-order valence-corrected chi connectivity index (χ2v) is 6.03. The molecular formula is C16H23N3O. The molecule has 1 spiro atoms. The number of carbonyl (C=O) groups is 1. The molecule has 108 valence electrons. The Labute approximate surface area is 120 Å². The minimum Gasteiger partial charge on any atom is -0.376 e. The van der Waals surface area contributed by atoms with Crippen LogP contribution in [0.25, 0.3) is 0 Å².